The molecule has 1 atom stereocenters. The minimum atomic E-state index is -0.779. The second-order valence-corrected chi connectivity index (χ2v) is 9.13. The van der Waals surface area contributed by atoms with Gasteiger partial charge in [-0.1, -0.05) is 0 Å². The average molecular weight is 459 g/mol. The third-order valence-corrected chi connectivity index (χ3v) is 7.07. The van der Waals surface area contributed by atoms with E-state index in [1.54, 1.807) is 19.4 Å². The summed E-state index contributed by atoms with van der Waals surface area (Å²) in [5.41, 5.74) is 0.757. The van der Waals surface area contributed by atoms with Crippen molar-refractivity contribution < 1.29 is 28.5 Å². The number of hydrogen-bond acceptors (Lipinski definition) is 6. The fourth-order valence-electron chi connectivity index (χ4n) is 4.96. The zero-order valence-electron chi connectivity index (χ0n) is 19.1. The van der Waals surface area contributed by atoms with Crippen LogP contribution < -0.4 is 9.47 Å². The number of rotatable bonds is 10. The van der Waals surface area contributed by atoms with Gasteiger partial charge in [0.05, 0.1) is 31.9 Å². The fraction of sp³-hybridized carbons (Fsp3) is 0.560. The Hall–Kier alpha value is -2.74. The van der Waals surface area contributed by atoms with Crippen LogP contribution in [-0.4, -0.2) is 41.9 Å². The van der Waals surface area contributed by atoms with Gasteiger partial charge in [0.1, 0.15) is 5.82 Å². The Bertz CT molecular complexity index is 973. The zero-order valence-corrected chi connectivity index (χ0v) is 19.1. The molecule has 0 bridgehead atoms. The molecule has 8 heteroatoms. The molecule has 1 N–H and O–H groups in total. The summed E-state index contributed by atoms with van der Waals surface area (Å²) in [6.45, 7) is 0.505. The highest BCUT2D eigenvalue weighted by Crippen LogP contribution is 2.45. The van der Waals surface area contributed by atoms with Crippen molar-refractivity contribution >= 4 is 5.97 Å². The lowest BCUT2D eigenvalue weighted by atomic mass is 9.75. The standard InChI is InChI=1S/C25H31FN2O5/c1-31-22-13-20(21(26)14-28-22)25(32-2)8-5-16(6-9-25)15-33-23-11-18(7-10-27-23)19(12-24(29)30)17-3-4-17/h7,10-11,13-14,16-17,19H,3-6,8-9,12,15H2,1-2H3,(H,29,30). The summed E-state index contributed by atoms with van der Waals surface area (Å²) in [6, 6.07) is 5.40. The van der Waals surface area contributed by atoms with Gasteiger partial charge in [-0.3, -0.25) is 4.79 Å². The topological polar surface area (TPSA) is 90.8 Å². The third kappa shape index (κ3) is 5.43. The van der Waals surface area contributed by atoms with E-state index in [1.165, 1.54) is 13.3 Å². The molecule has 7 nitrogen and oxygen atoms in total. The second-order valence-electron chi connectivity index (χ2n) is 9.13. The zero-order chi connectivity index (χ0) is 23.4. The van der Waals surface area contributed by atoms with Crippen molar-refractivity contribution in [3.8, 4) is 11.8 Å². The molecule has 2 aliphatic carbocycles. The van der Waals surface area contributed by atoms with E-state index in [-0.39, 0.29) is 18.2 Å². The van der Waals surface area contributed by atoms with E-state index in [4.69, 9.17) is 14.2 Å². The Balaban J connectivity index is 1.37. The van der Waals surface area contributed by atoms with Crippen LogP contribution in [0.2, 0.25) is 0 Å². The Labute approximate surface area is 193 Å². The van der Waals surface area contributed by atoms with E-state index in [9.17, 15) is 14.3 Å². The van der Waals surface area contributed by atoms with Crippen molar-refractivity contribution in [1.29, 1.82) is 0 Å². The van der Waals surface area contributed by atoms with Gasteiger partial charge in [-0.2, -0.15) is 0 Å². The number of nitrogens with zero attached hydrogens (tertiary/aromatic N) is 2. The Morgan fingerprint density at radius 2 is 1.94 bits per heavy atom. The van der Waals surface area contributed by atoms with Gasteiger partial charge in [-0.05, 0) is 67.9 Å². The molecule has 0 aliphatic heterocycles. The average Bonchev–Trinajstić information content (AvgIpc) is 3.67. The third-order valence-electron chi connectivity index (χ3n) is 7.07. The van der Waals surface area contributed by atoms with Crippen LogP contribution in [0.4, 0.5) is 4.39 Å². The summed E-state index contributed by atoms with van der Waals surface area (Å²) in [7, 11) is 3.13. The number of methoxy groups -OCH3 is 2. The fourth-order valence-corrected chi connectivity index (χ4v) is 4.96. The van der Waals surface area contributed by atoms with Gasteiger partial charge in [0.2, 0.25) is 11.8 Å². The number of halogens is 1. The lowest BCUT2D eigenvalue weighted by Gasteiger charge is -2.39. The summed E-state index contributed by atoms with van der Waals surface area (Å²) in [4.78, 5) is 19.5. The molecule has 0 saturated heterocycles. The number of aliphatic carboxylic acids is 1. The Morgan fingerprint density at radius 1 is 1.18 bits per heavy atom. The molecule has 0 spiro atoms. The number of carboxylic acids is 1. The summed E-state index contributed by atoms with van der Waals surface area (Å²) < 4.78 is 31.6. The first-order chi connectivity index (χ1) is 15.9. The number of hydrogen-bond donors (Lipinski definition) is 1. The van der Waals surface area contributed by atoms with Crippen LogP contribution >= 0.6 is 0 Å². The molecule has 0 aromatic carbocycles. The largest absolute Gasteiger partial charge is 0.481 e. The second kappa shape index (κ2) is 10.0. The minimum absolute atomic E-state index is 0.0112. The van der Waals surface area contributed by atoms with Gasteiger partial charge in [-0.15, -0.1) is 0 Å². The molecule has 2 saturated carbocycles. The molecular formula is C25H31FN2O5. The number of pyridine rings is 2. The van der Waals surface area contributed by atoms with Gasteiger partial charge < -0.3 is 19.3 Å². The highest BCUT2D eigenvalue weighted by molar-refractivity contribution is 5.68. The maximum Gasteiger partial charge on any atom is 0.303 e. The number of carboxylic acid groups (broad SMARTS) is 1. The molecule has 2 aromatic heterocycles. The van der Waals surface area contributed by atoms with Crippen molar-refractivity contribution in [3.05, 3.63) is 47.5 Å². The van der Waals surface area contributed by atoms with E-state index in [1.807, 2.05) is 12.1 Å². The lowest BCUT2D eigenvalue weighted by Crippen LogP contribution is -2.36. The number of carbonyl (C=O) groups is 1. The summed E-state index contributed by atoms with van der Waals surface area (Å²) in [5.74, 6) is 0.465. The summed E-state index contributed by atoms with van der Waals surface area (Å²) >= 11 is 0. The van der Waals surface area contributed by atoms with Crippen LogP contribution in [0, 0.1) is 17.7 Å². The van der Waals surface area contributed by atoms with E-state index in [0.717, 1.165) is 31.2 Å². The van der Waals surface area contributed by atoms with Gasteiger partial charge in [0, 0.05) is 31.0 Å². The lowest BCUT2D eigenvalue weighted by molar-refractivity contribution is -0.137. The van der Waals surface area contributed by atoms with Crippen LogP contribution in [0.15, 0.2) is 30.6 Å². The monoisotopic (exact) mass is 458 g/mol. The molecule has 2 aromatic rings. The Morgan fingerprint density at radius 3 is 2.58 bits per heavy atom. The first-order valence-corrected chi connectivity index (χ1v) is 11.5. The van der Waals surface area contributed by atoms with E-state index in [2.05, 4.69) is 9.97 Å². The Kier molecular flexibility index (Phi) is 7.12. The smallest absolute Gasteiger partial charge is 0.303 e. The first-order valence-electron chi connectivity index (χ1n) is 11.5. The van der Waals surface area contributed by atoms with Crippen LogP contribution in [0.3, 0.4) is 0 Å². The van der Waals surface area contributed by atoms with Crippen molar-refractivity contribution in [2.75, 3.05) is 20.8 Å². The molecule has 178 valence electrons. The van der Waals surface area contributed by atoms with Gasteiger partial charge in [0.15, 0.2) is 0 Å². The van der Waals surface area contributed by atoms with Gasteiger partial charge in [0.25, 0.3) is 0 Å². The quantitative estimate of drug-likeness (QED) is 0.552. The van der Waals surface area contributed by atoms with Crippen molar-refractivity contribution in [2.24, 2.45) is 11.8 Å². The van der Waals surface area contributed by atoms with Crippen LogP contribution in [0.25, 0.3) is 0 Å². The minimum Gasteiger partial charge on any atom is -0.481 e. The van der Waals surface area contributed by atoms with Gasteiger partial charge >= 0.3 is 5.97 Å². The summed E-state index contributed by atoms with van der Waals surface area (Å²) in [6.07, 6.45) is 8.12. The molecule has 2 heterocycles. The van der Waals surface area contributed by atoms with Gasteiger partial charge in [-0.25, -0.2) is 14.4 Å². The maximum absolute atomic E-state index is 14.6. The summed E-state index contributed by atoms with van der Waals surface area (Å²) in [5, 5.41) is 9.27. The molecule has 0 amide bonds. The SMILES string of the molecule is COc1cc(C2(OC)CCC(COc3cc(C(CC(=O)O)C4CC4)ccn3)CC2)c(F)cn1. The van der Waals surface area contributed by atoms with E-state index >= 15 is 0 Å². The molecule has 2 fully saturated rings. The molecular weight excluding hydrogens is 427 g/mol. The van der Waals surface area contributed by atoms with E-state index in [0.29, 0.717) is 48.6 Å². The predicted octanol–water partition coefficient (Wildman–Crippen LogP) is 4.70. The van der Waals surface area contributed by atoms with Crippen LogP contribution in [0.5, 0.6) is 11.8 Å². The number of ether oxygens (including phenoxy) is 3. The molecule has 33 heavy (non-hydrogen) atoms. The highest BCUT2D eigenvalue weighted by Gasteiger charge is 2.40. The molecule has 4 rings (SSSR count). The number of aromatic nitrogens is 2. The van der Waals surface area contributed by atoms with Crippen molar-refractivity contribution in [1.82, 2.24) is 9.97 Å². The van der Waals surface area contributed by atoms with Crippen molar-refractivity contribution in [2.45, 2.75) is 56.5 Å². The predicted molar refractivity (Wildman–Crippen MR) is 119 cm³/mol. The van der Waals surface area contributed by atoms with Crippen LogP contribution in [-0.2, 0) is 15.1 Å². The first kappa shape index (κ1) is 23.4. The highest BCUT2D eigenvalue weighted by atomic mass is 19.1. The normalized spacial score (nSPS) is 23.7. The molecule has 2 aliphatic rings. The maximum atomic E-state index is 14.6. The van der Waals surface area contributed by atoms with Crippen molar-refractivity contribution in [3.63, 3.8) is 0 Å². The van der Waals surface area contributed by atoms with E-state index < -0.39 is 11.6 Å². The molecule has 1 unspecified atom stereocenters. The van der Waals surface area contributed by atoms with Crippen LogP contribution in [0.1, 0.15) is 62.0 Å². The molecule has 0 radical (unpaired) electrons.